The molecule has 1 rings (SSSR count). The molecule has 0 bridgehead atoms. The van der Waals surface area contributed by atoms with E-state index < -0.39 is 17.9 Å². The number of carboxylic acids is 1. The zero-order valence-corrected chi connectivity index (χ0v) is 11.6. The predicted molar refractivity (Wildman–Crippen MR) is 68.9 cm³/mol. The molecule has 0 spiro atoms. The van der Waals surface area contributed by atoms with Crippen LogP contribution in [0, 0.1) is 5.92 Å². The zero-order valence-electron chi connectivity index (χ0n) is 11.6. The van der Waals surface area contributed by atoms with E-state index in [0.717, 1.165) is 0 Å². The number of amides is 1. The lowest BCUT2D eigenvalue weighted by molar-refractivity contribution is -0.140. The summed E-state index contributed by atoms with van der Waals surface area (Å²) >= 11 is 0. The van der Waals surface area contributed by atoms with Crippen molar-refractivity contribution in [3.8, 4) is 0 Å². The molecule has 2 N–H and O–H groups in total. The van der Waals surface area contributed by atoms with Crippen molar-refractivity contribution in [2.45, 2.75) is 46.1 Å². The van der Waals surface area contributed by atoms with Gasteiger partial charge in [0.25, 0.3) is 5.91 Å². The third kappa shape index (κ3) is 3.81. The molecular weight excluding hydrogens is 248 g/mol. The van der Waals surface area contributed by atoms with Crippen molar-refractivity contribution in [2.24, 2.45) is 5.92 Å². The van der Waals surface area contributed by atoms with Crippen LogP contribution in [0.3, 0.4) is 0 Å². The Kier molecular flexibility index (Phi) is 5.09. The monoisotopic (exact) mass is 268 g/mol. The fraction of sp³-hybridized carbons (Fsp3) is 0.615. The summed E-state index contributed by atoms with van der Waals surface area (Å²) in [6.07, 6.45) is 0.660. The Morgan fingerprint density at radius 1 is 1.42 bits per heavy atom. The van der Waals surface area contributed by atoms with E-state index in [1.807, 2.05) is 20.8 Å². The molecular formula is C13H20N2O4. The topological polar surface area (TPSA) is 92.4 Å². The second-order valence-corrected chi connectivity index (χ2v) is 4.94. The number of aliphatic carboxylic acids is 1. The molecule has 6 nitrogen and oxygen atoms in total. The standard InChI is InChI=1S/C13H20N2O4/c1-5-8(4)11(13(17)18)14-12(16)9-6-10(7(2)3)19-15-9/h6-8,11H,5H2,1-4H3,(H,14,16)(H,17,18). The molecule has 6 heteroatoms. The number of nitrogens with one attached hydrogen (secondary N) is 1. The van der Waals surface area contributed by atoms with Gasteiger partial charge in [-0.1, -0.05) is 39.3 Å². The fourth-order valence-electron chi connectivity index (χ4n) is 1.57. The quantitative estimate of drug-likeness (QED) is 0.823. The third-order valence-corrected chi connectivity index (χ3v) is 3.10. The van der Waals surface area contributed by atoms with Crippen molar-refractivity contribution in [3.05, 3.63) is 17.5 Å². The molecule has 0 aliphatic carbocycles. The van der Waals surface area contributed by atoms with Gasteiger partial charge in [-0.25, -0.2) is 4.79 Å². The van der Waals surface area contributed by atoms with Crippen LogP contribution in [-0.2, 0) is 4.79 Å². The Hall–Kier alpha value is -1.85. The maximum Gasteiger partial charge on any atom is 0.326 e. The van der Waals surface area contributed by atoms with Crippen LogP contribution in [0.1, 0.15) is 56.3 Å². The van der Waals surface area contributed by atoms with Crippen molar-refractivity contribution in [2.75, 3.05) is 0 Å². The lowest BCUT2D eigenvalue weighted by Gasteiger charge is -2.19. The number of carbonyl (C=O) groups is 2. The number of carbonyl (C=O) groups excluding carboxylic acids is 1. The van der Waals surface area contributed by atoms with E-state index >= 15 is 0 Å². The van der Waals surface area contributed by atoms with Crippen LogP contribution in [0.5, 0.6) is 0 Å². The van der Waals surface area contributed by atoms with Gasteiger partial charge in [-0.05, 0) is 5.92 Å². The molecule has 1 aromatic heterocycles. The van der Waals surface area contributed by atoms with Gasteiger partial charge in [-0.15, -0.1) is 0 Å². The minimum absolute atomic E-state index is 0.109. The largest absolute Gasteiger partial charge is 0.480 e. The average molecular weight is 268 g/mol. The van der Waals surface area contributed by atoms with Crippen LogP contribution in [0.25, 0.3) is 0 Å². The highest BCUT2D eigenvalue weighted by molar-refractivity contribution is 5.95. The molecule has 0 saturated heterocycles. The number of hydrogen-bond donors (Lipinski definition) is 2. The molecule has 106 valence electrons. The van der Waals surface area contributed by atoms with Crippen molar-refractivity contribution in [1.82, 2.24) is 10.5 Å². The van der Waals surface area contributed by atoms with Crippen LogP contribution >= 0.6 is 0 Å². The van der Waals surface area contributed by atoms with Gasteiger partial charge in [0.2, 0.25) is 0 Å². The summed E-state index contributed by atoms with van der Waals surface area (Å²) in [5.41, 5.74) is 0.109. The second kappa shape index (κ2) is 6.36. The predicted octanol–water partition coefficient (Wildman–Crippen LogP) is 2.03. The van der Waals surface area contributed by atoms with E-state index in [9.17, 15) is 9.59 Å². The lowest BCUT2D eigenvalue weighted by Crippen LogP contribution is -2.45. The Labute approximate surface area is 112 Å². The molecule has 0 aliphatic rings. The summed E-state index contributed by atoms with van der Waals surface area (Å²) in [4.78, 5) is 23.0. The minimum atomic E-state index is -1.05. The van der Waals surface area contributed by atoms with Crippen molar-refractivity contribution >= 4 is 11.9 Å². The van der Waals surface area contributed by atoms with E-state index in [0.29, 0.717) is 12.2 Å². The van der Waals surface area contributed by atoms with Gasteiger partial charge in [0, 0.05) is 12.0 Å². The Morgan fingerprint density at radius 2 is 2.05 bits per heavy atom. The van der Waals surface area contributed by atoms with Crippen LogP contribution in [-0.4, -0.2) is 28.2 Å². The van der Waals surface area contributed by atoms with Crippen molar-refractivity contribution in [3.63, 3.8) is 0 Å². The number of aromatic nitrogens is 1. The normalized spacial score (nSPS) is 14.2. The van der Waals surface area contributed by atoms with Crippen LogP contribution in [0.4, 0.5) is 0 Å². The molecule has 1 aromatic rings. The molecule has 2 unspecified atom stereocenters. The van der Waals surface area contributed by atoms with E-state index in [-0.39, 0.29) is 17.5 Å². The smallest absolute Gasteiger partial charge is 0.326 e. The summed E-state index contributed by atoms with van der Waals surface area (Å²) in [6, 6.07) is 0.618. The SMILES string of the molecule is CCC(C)C(NC(=O)c1cc(C(C)C)on1)C(=O)O. The zero-order chi connectivity index (χ0) is 14.6. The summed E-state index contributed by atoms with van der Waals surface area (Å²) in [6.45, 7) is 7.49. The molecule has 2 atom stereocenters. The van der Waals surface area contributed by atoms with Gasteiger partial charge >= 0.3 is 5.97 Å². The van der Waals surface area contributed by atoms with Gasteiger partial charge in [-0.2, -0.15) is 0 Å². The van der Waals surface area contributed by atoms with Crippen molar-refractivity contribution in [1.29, 1.82) is 0 Å². The van der Waals surface area contributed by atoms with E-state index in [4.69, 9.17) is 9.63 Å². The highest BCUT2D eigenvalue weighted by atomic mass is 16.5. The minimum Gasteiger partial charge on any atom is -0.480 e. The van der Waals surface area contributed by atoms with Gasteiger partial charge in [0.05, 0.1) is 0 Å². The number of nitrogens with zero attached hydrogens (tertiary/aromatic N) is 1. The third-order valence-electron chi connectivity index (χ3n) is 3.10. The van der Waals surface area contributed by atoms with E-state index in [2.05, 4.69) is 10.5 Å². The first-order valence-electron chi connectivity index (χ1n) is 6.37. The van der Waals surface area contributed by atoms with E-state index in [1.54, 1.807) is 6.92 Å². The van der Waals surface area contributed by atoms with Gasteiger partial charge in [0.15, 0.2) is 5.69 Å². The first kappa shape index (κ1) is 15.2. The fourth-order valence-corrected chi connectivity index (χ4v) is 1.57. The van der Waals surface area contributed by atoms with Crippen molar-refractivity contribution < 1.29 is 19.2 Å². The molecule has 0 aliphatic heterocycles. The van der Waals surface area contributed by atoms with Gasteiger partial charge in [-0.3, -0.25) is 4.79 Å². The molecule has 0 saturated carbocycles. The molecule has 1 heterocycles. The first-order chi connectivity index (χ1) is 8.86. The van der Waals surface area contributed by atoms with Crippen LogP contribution < -0.4 is 5.32 Å². The van der Waals surface area contributed by atoms with E-state index in [1.165, 1.54) is 6.07 Å². The number of rotatable bonds is 6. The lowest BCUT2D eigenvalue weighted by atomic mass is 9.99. The maximum absolute atomic E-state index is 11.9. The highest BCUT2D eigenvalue weighted by Crippen LogP contribution is 2.15. The molecule has 19 heavy (non-hydrogen) atoms. The molecule has 1 amide bonds. The Balaban J connectivity index is 2.79. The average Bonchev–Trinajstić information content (AvgIpc) is 2.84. The summed E-state index contributed by atoms with van der Waals surface area (Å²) in [5, 5.41) is 15.2. The Bertz CT molecular complexity index is 453. The second-order valence-electron chi connectivity index (χ2n) is 4.94. The number of carboxylic acid groups (broad SMARTS) is 1. The summed E-state index contributed by atoms with van der Waals surface area (Å²) in [5.74, 6) is -1.00. The highest BCUT2D eigenvalue weighted by Gasteiger charge is 2.27. The van der Waals surface area contributed by atoms with Gasteiger partial charge < -0.3 is 14.9 Å². The van der Waals surface area contributed by atoms with Gasteiger partial charge in [0.1, 0.15) is 11.8 Å². The molecule has 0 aromatic carbocycles. The van der Waals surface area contributed by atoms with Crippen LogP contribution in [0.2, 0.25) is 0 Å². The summed E-state index contributed by atoms with van der Waals surface area (Å²) in [7, 11) is 0. The molecule has 0 fully saturated rings. The summed E-state index contributed by atoms with van der Waals surface area (Å²) < 4.78 is 5.02. The van der Waals surface area contributed by atoms with Crippen LogP contribution in [0.15, 0.2) is 10.6 Å². The molecule has 0 radical (unpaired) electrons. The first-order valence-corrected chi connectivity index (χ1v) is 6.37. The maximum atomic E-state index is 11.9. The number of hydrogen-bond acceptors (Lipinski definition) is 4. The Morgan fingerprint density at radius 3 is 2.47 bits per heavy atom.